The van der Waals surface area contributed by atoms with Crippen molar-refractivity contribution in [1.82, 2.24) is 10.3 Å². The number of nitrogens with one attached hydrogen (secondary N) is 1. The number of rotatable bonds is 6. The molecule has 0 aliphatic carbocycles. The van der Waals surface area contributed by atoms with Crippen LogP contribution in [0, 0.1) is 16.0 Å². The predicted octanol–water partition coefficient (Wildman–Crippen LogP) is 4.00. The molecule has 0 unspecified atom stereocenters. The second-order valence-electron chi connectivity index (χ2n) is 7.15. The average Bonchev–Trinajstić information content (AvgIpc) is 2.74. The maximum absolute atomic E-state index is 12.4. The van der Waals surface area contributed by atoms with E-state index < -0.39 is 4.92 Å². The zero-order valence-corrected chi connectivity index (χ0v) is 16.9. The fourth-order valence-electron chi connectivity index (χ4n) is 3.32. The topological polar surface area (TPSA) is 87.8 Å². The van der Waals surface area contributed by atoms with Crippen LogP contribution in [0.25, 0.3) is 0 Å². The van der Waals surface area contributed by atoms with E-state index in [2.05, 4.69) is 15.4 Å². The molecule has 0 spiro atoms. The summed E-state index contributed by atoms with van der Waals surface area (Å²) >= 11 is 5.92. The molecule has 152 valence electrons. The van der Waals surface area contributed by atoms with Crippen LogP contribution < -0.4 is 5.43 Å². The van der Waals surface area contributed by atoms with Crippen LogP contribution in [0.1, 0.15) is 30.9 Å². The normalized spacial score (nSPS) is 15.9. The van der Waals surface area contributed by atoms with E-state index in [0.29, 0.717) is 5.71 Å². The standard InChI is InChI=1S/C21H23ClN4O3/c1-15(17-4-8-20(9-5-17)26(28)29)23-24-21(27)18-10-12-25(13-11-18)14-16-2-6-19(22)7-3-16/h2-9,18H,10-14H2,1H3,(H,24,27)/b23-15-. The molecular weight excluding hydrogens is 392 g/mol. The second kappa shape index (κ2) is 9.62. The minimum Gasteiger partial charge on any atom is -0.299 e. The van der Waals surface area contributed by atoms with Crippen LogP contribution in [0.4, 0.5) is 5.69 Å². The molecule has 1 heterocycles. The summed E-state index contributed by atoms with van der Waals surface area (Å²) in [6.45, 7) is 4.32. The van der Waals surface area contributed by atoms with Gasteiger partial charge < -0.3 is 0 Å². The van der Waals surface area contributed by atoms with E-state index in [1.54, 1.807) is 19.1 Å². The summed E-state index contributed by atoms with van der Waals surface area (Å²) in [5.41, 5.74) is 5.21. The Kier molecular flexibility index (Phi) is 6.95. The summed E-state index contributed by atoms with van der Waals surface area (Å²) < 4.78 is 0. The van der Waals surface area contributed by atoms with E-state index in [4.69, 9.17) is 11.6 Å². The van der Waals surface area contributed by atoms with Crippen molar-refractivity contribution in [1.29, 1.82) is 0 Å². The number of hydrogen-bond acceptors (Lipinski definition) is 5. The number of nitro benzene ring substituents is 1. The first-order chi connectivity index (χ1) is 13.9. The summed E-state index contributed by atoms with van der Waals surface area (Å²) in [5, 5.41) is 15.6. The molecule has 0 bridgehead atoms. The molecule has 0 atom stereocenters. The van der Waals surface area contributed by atoms with Crippen LogP contribution in [-0.2, 0) is 11.3 Å². The molecule has 2 aromatic rings. The van der Waals surface area contributed by atoms with E-state index in [0.717, 1.165) is 43.1 Å². The highest BCUT2D eigenvalue weighted by molar-refractivity contribution is 6.30. The minimum absolute atomic E-state index is 0.0240. The lowest BCUT2D eigenvalue weighted by molar-refractivity contribution is -0.384. The van der Waals surface area contributed by atoms with Gasteiger partial charge >= 0.3 is 0 Å². The molecule has 2 aromatic carbocycles. The largest absolute Gasteiger partial charge is 0.299 e. The Bertz CT molecular complexity index is 889. The second-order valence-corrected chi connectivity index (χ2v) is 7.59. The van der Waals surface area contributed by atoms with Gasteiger partial charge in [0.2, 0.25) is 5.91 Å². The van der Waals surface area contributed by atoms with Crippen molar-refractivity contribution in [3.8, 4) is 0 Å². The fourth-order valence-corrected chi connectivity index (χ4v) is 3.45. The number of nitro groups is 1. The van der Waals surface area contributed by atoms with Crippen molar-refractivity contribution in [3.63, 3.8) is 0 Å². The smallest absolute Gasteiger partial charge is 0.269 e. The maximum Gasteiger partial charge on any atom is 0.269 e. The summed E-state index contributed by atoms with van der Waals surface area (Å²) in [6.07, 6.45) is 1.57. The lowest BCUT2D eigenvalue weighted by atomic mass is 9.96. The Morgan fingerprint density at radius 1 is 1.17 bits per heavy atom. The molecule has 0 aromatic heterocycles. The molecule has 1 aliphatic rings. The highest BCUT2D eigenvalue weighted by atomic mass is 35.5. The average molecular weight is 415 g/mol. The number of amides is 1. The Morgan fingerprint density at radius 2 is 1.79 bits per heavy atom. The van der Waals surface area contributed by atoms with E-state index in [-0.39, 0.29) is 17.5 Å². The maximum atomic E-state index is 12.4. The molecule has 1 saturated heterocycles. The van der Waals surface area contributed by atoms with Crippen molar-refractivity contribution in [3.05, 3.63) is 74.8 Å². The molecule has 1 fully saturated rings. The molecule has 8 heteroatoms. The van der Waals surface area contributed by atoms with Gasteiger partial charge in [-0.1, -0.05) is 23.7 Å². The molecule has 29 heavy (non-hydrogen) atoms. The Balaban J connectivity index is 1.48. The first-order valence-electron chi connectivity index (χ1n) is 9.48. The van der Waals surface area contributed by atoms with Crippen molar-refractivity contribution < 1.29 is 9.72 Å². The van der Waals surface area contributed by atoms with E-state index in [1.165, 1.54) is 17.7 Å². The van der Waals surface area contributed by atoms with Crippen molar-refractivity contribution >= 4 is 28.9 Å². The number of hydrogen-bond donors (Lipinski definition) is 1. The van der Waals surface area contributed by atoms with Gasteiger partial charge in [-0.05, 0) is 68.2 Å². The number of halogens is 1. The van der Waals surface area contributed by atoms with Crippen molar-refractivity contribution in [2.45, 2.75) is 26.3 Å². The van der Waals surface area contributed by atoms with Crippen LogP contribution in [0.2, 0.25) is 5.02 Å². The molecule has 1 N–H and O–H groups in total. The van der Waals surface area contributed by atoms with E-state index in [9.17, 15) is 14.9 Å². The highest BCUT2D eigenvalue weighted by Gasteiger charge is 2.24. The SMILES string of the molecule is C/C(=N/NC(=O)C1CCN(Cc2ccc(Cl)cc2)CC1)c1ccc([N+](=O)[O-])cc1. The number of carbonyl (C=O) groups excluding carboxylic acids is 1. The Labute approximate surface area is 174 Å². The molecule has 1 aliphatic heterocycles. The quantitative estimate of drug-likeness (QED) is 0.439. The van der Waals surface area contributed by atoms with Crippen LogP contribution in [0.5, 0.6) is 0 Å². The summed E-state index contributed by atoms with van der Waals surface area (Å²) in [6, 6.07) is 13.9. The van der Waals surface area contributed by atoms with Gasteiger partial charge in [-0.2, -0.15) is 5.10 Å². The highest BCUT2D eigenvalue weighted by Crippen LogP contribution is 2.20. The monoisotopic (exact) mass is 414 g/mol. The summed E-state index contributed by atoms with van der Waals surface area (Å²) in [5.74, 6) is -0.151. The Hall–Kier alpha value is -2.77. The number of likely N-dealkylation sites (tertiary alicyclic amines) is 1. The summed E-state index contributed by atoms with van der Waals surface area (Å²) in [7, 11) is 0. The van der Waals surface area contributed by atoms with Crippen LogP contribution in [0.15, 0.2) is 53.6 Å². The Morgan fingerprint density at radius 3 is 2.38 bits per heavy atom. The van der Waals surface area contributed by atoms with Gasteiger partial charge in [0.15, 0.2) is 0 Å². The molecule has 0 radical (unpaired) electrons. The van der Waals surface area contributed by atoms with E-state index >= 15 is 0 Å². The van der Waals surface area contributed by atoms with Crippen molar-refractivity contribution in [2.75, 3.05) is 13.1 Å². The van der Waals surface area contributed by atoms with Gasteiger partial charge in [-0.3, -0.25) is 19.8 Å². The lowest BCUT2D eigenvalue weighted by Gasteiger charge is -2.30. The van der Waals surface area contributed by atoms with Crippen LogP contribution >= 0.6 is 11.6 Å². The van der Waals surface area contributed by atoms with Gasteiger partial charge in [0, 0.05) is 29.6 Å². The third kappa shape index (κ3) is 5.85. The number of carbonyl (C=O) groups is 1. The molecule has 1 amide bonds. The van der Waals surface area contributed by atoms with Crippen LogP contribution in [-0.4, -0.2) is 34.5 Å². The lowest BCUT2D eigenvalue weighted by Crippen LogP contribution is -2.39. The molecule has 0 saturated carbocycles. The third-order valence-electron chi connectivity index (χ3n) is 5.11. The van der Waals surface area contributed by atoms with Crippen LogP contribution in [0.3, 0.4) is 0 Å². The number of benzene rings is 2. The fraction of sp³-hybridized carbons (Fsp3) is 0.333. The number of hydrazone groups is 1. The van der Waals surface area contributed by atoms with Gasteiger partial charge in [0.25, 0.3) is 5.69 Å². The van der Waals surface area contributed by atoms with Gasteiger partial charge in [0.05, 0.1) is 10.6 Å². The van der Waals surface area contributed by atoms with E-state index in [1.807, 2.05) is 24.3 Å². The zero-order valence-electron chi connectivity index (χ0n) is 16.2. The molecule has 7 nitrogen and oxygen atoms in total. The number of non-ortho nitro benzene ring substituents is 1. The molecule has 3 rings (SSSR count). The molecular formula is C21H23ClN4O3. The van der Waals surface area contributed by atoms with Gasteiger partial charge in [0.1, 0.15) is 0 Å². The van der Waals surface area contributed by atoms with Gasteiger partial charge in [-0.15, -0.1) is 0 Å². The third-order valence-corrected chi connectivity index (χ3v) is 5.36. The number of piperidine rings is 1. The predicted molar refractivity (Wildman–Crippen MR) is 113 cm³/mol. The van der Waals surface area contributed by atoms with Gasteiger partial charge in [-0.25, -0.2) is 5.43 Å². The zero-order chi connectivity index (χ0) is 20.8. The summed E-state index contributed by atoms with van der Waals surface area (Å²) in [4.78, 5) is 25.0. The first-order valence-corrected chi connectivity index (χ1v) is 9.86. The minimum atomic E-state index is -0.447. The number of nitrogens with zero attached hydrogens (tertiary/aromatic N) is 3. The first kappa shape index (κ1) is 21.0. The van der Waals surface area contributed by atoms with Crippen molar-refractivity contribution in [2.24, 2.45) is 11.0 Å².